The van der Waals surface area contributed by atoms with Crippen molar-refractivity contribution in [1.29, 1.82) is 1.34 Å². The number of halogens is 4. The largest absolute Gasteiger partial charge is 0.465 e. The number of nitrogens with zero attached hydrogens (tertiary/aromatic N) is 1. The molecular formula is C50H55BF4N8O11U. The second-order valence-corrected chi connectivity index (χ2v) is 18.4. The molecule has 25 heteroatoms. The van der Waals surface area contributed by atoms with Crippen molar-refractivity contribution in [3.05, 3.63) is 147 Å². The third kappa shape index (κ3) is 20.6. The van der Waals surface area contributed by atoms with Gasteiger partial charge in [-0.1, -0.05) is 0 Å². The Kier molecular flexibility index (Phi) is 22.1. The monoisotopic (exact) mass is 1270 g/mol. The number of nitrogen functional groups attached to an aromatic ring is 1. The van der Waals surface area contributed by atoms with Crippen LogP contribution in [-0.2, 0) is 18.9 Å². The van der Waals surface area contributed by atoms with Crippen LogP contribution in [0.5, 0.6) is 0 Å². The molecule has 0 atom stereocenters. The molecule has 8 N–H and O–H groups in total. The molecule has 0 fully saturated rings. The second-order valence-electron chi connectivity index (χ2n) is 18.4. The molecule has 0 aliphatic carbocycles. The van der Waals surface area contributed by atoms with E-state index in [1.54, 1.807) is 65.8 Å². The molecule has 5 amide bonds. The fourth-order valence-electron chi connectivity index (χ4n) is 5.82. The number of methoxy groups -OCH3 is 1. The van der Waals surface area contributed by atoms with Gasteiger partial charge in [-0.05, 0) is 149 Å². The minimum absolute atomic E-state index is 0. The minimum atomic E-state index is -1.26. The Morgan fingerprint density at radius 2 is 0.947 bits per heavy atom. The second kappa shape index (κ2) is 27.0. The maximum atomic E-state index is 13.5. The molecule has 0 saturated heterocycles. The Bertz CT molecular complexity index is 3110. The molecule has 0 spiro atoms. The number of anilines is 6. The number of fused-ring (bicyclic) bond motifs is 1. The molecule has 0 aliphatic rings. The fraction of sp³-hybridized carbons (Fsp3) is 0.260. The predicted octanol–water partition coefficient (Wildman–Crippen LogP) is 10.0. The number of H-pyrrole nitrogens is 1. The molecule has 0 unspecified atom stereocenters. The van der Waals surface area contributed by atoms with E-state index in [-0.39, 0.29) is 59.0 Å². The number of urea groups is 1. The molecule has 1 heterocycles. The number of aromatic amines is 1. The van der Waals surface area contributed by atoms with Crippen LogP contribution in [0.3, 0.4) is 0 Å². The molecule has 75 heavy (non-hydrogen) atoms. The van der Waals surface area contributed by atoms with Crippen LogP contribution in [0.1, 0.15) is 72.7 Å². The molecule has 19 nitrogen and oxygen atoms in total. The first-order chi connectivity index (χ1) is 34.9. The summed E-state index contributed by atoms with van der Waals surface area (Å²) in [5.41, 5.74) is 4.07. The van der Waals surface area contributed by atoms with Gasteiger partial charge < -0.3 is 40.3 Å². The number of aromatic nitrogens is 2. The van der Waals surface area contributed by atoms with Crippen LogP contribution in [0.2, 0.25) is 0 Å². The van der Waals surface area contributed by atoms with Crippen LogP contribution < -0.4 is 43.6 Å². The topological polar surface area (TPSA) is 263 Å². The van der Waals surface area contributed by atoms with Gasteiger partial charge in [-0.3, -0.25) is 20.7 Å². The zero-order chi connectivity index (χ0) is 56.6. The van der Waals surface area contributed by atoms with Gasteiger partial charge in [0.1, 0.15) is 16.8 Å². The van der Waals surface area contributed by atoms with E-state index < -0.39 is 81.6 Å². The maximum absolute atomic E-state index is 13.5. The standard InChI is InChI=1S/C20H21F2N3O5.C19H17F2N3O4.C11H16N2O2.BH.U/c1-20(2,3)30-19(28)24-12-7-5-11(6-8-12)23-18(27)25-16-10-15(22)14(21)9-13(16)17(26)29-4;1-19(2,3)28-18(27)22-10-4-6-11(7-5-10)24-16(25)12-8-13(20)14(21)9-15(12)23-17(24)26;1-11(2,3)15-10(14)13-9-6-4-8(12)5-7-9;;/h5-10H,1-4H3,(H,24,28)(H2,23,25,27);4-9H,1-3H3,(H,22,27)(H,23,26);4-7H,12H2,1-3H3,(H,13,14);1H;/i;;;1D;. The average Bonchev–Trinajstić information content (AvgIpc) is 3.29. The first kappa shape index (κ1) is 61.5. The van der Waals surface area contributed by atoms with Gasteiger partial charge in [0.15, 0.2) is 23.3 Å². The van der Waals surface area contributed by atoms with Gasteiger partial charge >= 0.3 is 36.0 Å². The number of rotatable bonds is 7. The molecule has 0 aliphatic heterocycles. The third-order valence-corrected chi connectivity index (χ3v) is 8.77. The van der Waals surface area contributed by atoms with E-state index in [0.29, 0.717) is 40.6 Å². The molecule has 2 radical (unpaired) electrons. The number of benzene rings is 5. The zero-order valence-electron chi connectivity index (χ0n) is 43.3. The Labute approximate surface area is 454 Å². The van der Waals surface area contributed by atoms with Crippen molar-refractivity contribution in [2.45, 2.75) is 79.1 Å². The fourth-order valence-corrected chi connectivity index (χ4v) is 5.82. The number of nitrogens with two attached hydrogens (primary N) is 1. The van der Waals surface area contributed by atoms with Gasteiger partial charge in [-0.25, -0.2) is 50.9 Å². The normalized spacial score (nSPS) is 10.8. The SMILES string of the molecule is CC(C)(C)OC(=O)Nc1ccc(-n2c(=O)[nH]c3cc(F)c(F)cc3c2=O)cc1.CC(C)(C)OC(=O)Nc1ccc(N)cc1.COC(=O)c1cc(F)c(F)cc1NC(=O)Nc1ccc(NC(=O)OC(C)(C)C)cc1.[2H][B].[U]. The van der Waals surface area contributed by atoms with Crippen molar-refractivity contribution in [3.8, 4) is 5.69 Å². The zero-order valence-corrected chi connectivity index (χ0v) is 46.5. The number of hydrogen-bond acceptors (Lipinski definition) is 12. The summed E-state index contributed by atoms with van der Waals surface area (Å²) < 4.78 is 79.7. The van der Waals surface area contributed by atoms with Crippen LogP contribution in [0.25, 0.3) is 16.6 Å². The predicted molar refractivity (Wildman–Crippen MR) is 274 cm³/mol. The quantitative estimate of drug-likeness (QED) is 0.0259. The number of ether oxygens (including phenoxy) is 4. The van der Waals surface area contributed by atoms with Crippen LogP contribution in [0.4, 0.5) is 70.9 Å². The van der Waals surface area contributed by atoms with Gasteiger partial charge in [0.25, 0.3) is 5.56 Å². The van der Waals surface area contributed by atoms with Crippen molar-refractivity contribution in [1.82, 2.24) is 9.55 Å². The van der Waals surface area contributed by atoms with Crippen molar-refractivity contribution in [3.63, 3.8) is 0 Å². The van der Waals surface area contributed by atoms with E-state index in [0.717, 1.165) is 23.8 Å². The summed E-state index contributed by atoms with van der Waals surface area (Å²) in [5, 5.41) is 12.2. The molecule has 0 bridgehead atoms. The van der Waals surface area contributed by atoms with E-state index in [4.69, 9.17) is 21.3 Å². The summed E-state index contributed by atoms with van der Waals surface area (Å²) in [4.78, 5) is 86.0. The van der Waals surface area contributed by atoms with E-state index >= 15 is 0 Å². The summed E-state index contributed by atoms with van der Waals surface area (Å²) in [6.45, 7) is 15.8. The van der Waals surface area contributed by atoms with Crippen molar-refractivity contribution >= 4 is 83.7 Å². The Morgan fingerprint density at radius 1 is 0.573 bits per heavy atom. The van der Waals surface area contributed by atoms with Crippen molar-refractivity contribution in [2.75, 3.05) is 39.4 Å². The van der Waals surface area contributed by atoms with E-state index in [1.807, 2.05) is 20.8 Å². The van der Waals surface area contributed by atoms with Crippen LogP contribution >= 0.6 is 0 Å². The summed E-state index contributed by atoms with van der Waals surface area (Å²) in [6, 6.07) is 20.7. The Balaban J connectivity index is 0.000000400. The number of carbonyl (C=O) groups is 5. The number of carbonyl (C=O) groups excluding carboxylic acids is 5. The smallest absolute Gasteiger partial charge is 0.412 e. The van der Waals surface area contributed by atoms with Gasteiger partial charge in [-0.2, -0.15) is 0 Å². The van der Waals surface area contributed by atoms with Gasteiger partial charge in [-0.15, -0.1) is 0 Å². The Hall–Kier alpha value is -7.77. The van der Waals surface area contributed by atoms with E-state index in [9.17, 15) is 51.1 Å². The molecular weight excluding hydrogens is 1210 g/mol. The maximum Gasteiger partial charge on any atom is 0.412 e. The molecule has 6 aromatic rings. The third-order valence-electron chi connectivity index (χ3n) is 8.77. The van der Waals surface area contributed by atoms with Gasteiger partial charge in [0.05, 0.1) is 35.0 Å². The van der Waals surface area contributed by atoms with Crippen LogP contribution in [-0.4, -0.2) is 73.5 Å². The molecule has 0 saturated carbocycles. The summed E-state index contributed by atoms with van der Waals surface area (Å²) >= 11 is 0. The summed E-state index contributed by atoms with van der Waals surface area (Å²) in [5.74, 6) is -5.80. The average molecular weight is 1270 g/mol. The van der Waals surface area contributed by atoms with Gasteiger partial charge in [0.2, 0.25) is 0 Å². The number of esters is 1. The number of amides is 5. The molecule has 396 valence electrons. The molecule has 5 aromatic carbocycles. The van der Waals surface area contributed by atoms with Crippen LogP contribution in [0.15, 0.2) is 107 Å². The molecule has 1 aromatic heterocycles. The van der Waals surface area contributed by atoms with Gasteiger partial charge in [0, 0.05) is 80.1 Å². The summed E-state index contributed by atoms with van der Waals surface area (Å²) in [6.07, 6.45) is -1.75. The Morgan fingerprint density at radius 3 is 1.37 bits per heavy atom. The van der Waals surface area contributed by atoms with Crippen molar-refractivity contribution < 1.29 is 91.6 Å². The van der Waals surface area contributed by atoms with E-state index in [1.165, 1.54) is 48.5 Å². The van der Waals surface area contributed by atoms with Crippen LogP contribution in [0, 0.1) is 54.4 Å². The first-order valence-corrected chi connectivity index (χ1v) is 21.8. The molecule has 6 rings (SSSR count). The number of nitrogens with one attached hydrogen (secondary N) is 6. The van der Waals surface area contributed by atoms with Crippen molar-refractivity contribution in [2.24, 2.45) is 0 Å². The first-order valence-electron chi connectivity index (χ1n) is 22.3. The van der Waals surface area contributed by atoms with E-state index in [2.05, 4.69) is 44.7 Å². The minimum Gasteiger partial charge on any atom is -0.465 e. The number of hydrogen-bond donors (Lipinski definition) is 7. The summed E-state index contributed by atoms with van der Waals surface area (Å²) in [7, 11) is 4.82.